The first-order valence-electron chi connectivity index (χ1n) is 8.59. The van der Waals surface area contributed by atoms with Gasteiger partial charge in [0.2, 0.25) is 0 Å². The van der Waals surface area contributed by atoms with E-state index in [1.165, 1.54) is 12.3 Å². The molecule has 0 fully saturated rings. The Hall–Kier alpha value is -3.36. The fourth-order valence-electron chi connectivity index (χ4n) is 2.48. The Morgan fingerprint density at radius 2 is 1.83 bits per heavy atom. The number of aromatic nitrogens is 3. The lowest BCUT2D eigenvalue weighted by Crippen LogP contribution is -2.10. The molecule has 3 aromatic heterocycles. The molecule has 150 valence electrons. The third kappa shape index (κ3) is 5.34. The number of rotatable bonds is 6. The summed E-state index contributed by atoms with van der Waals surface area (Å²) in [6.07, 6.45) is -1.17. The molecule has 9 heteroatoms. The van der Waals surface area contributed by atoms with Crippen LogP contribution in [-0.2, 0) is 19.0 Å². The summed E-state index contributed by atoms with van der Waals surface area (Å²) in [5.74, 6) is -0.583. The van der Waals surface area contributed by atoms with Gasteiger partial charge in [-0.25, -0.2) is 9.37 Å². The van der Waals surface area contributed by atoms with Crippen LogP contribution in [0.4, 0.5) is 17.6 Å². The van der Waals surface area contributed by atoms with E-state index in [4.69, 9.17) is 4.74 Å². The second-order valence-electron chi connectivity index (χ2n) is 6.11. The molecule has 5 nitrogen and oxygen atoms in total. The maximum atomic E-state index is 13.3. The van der Waals surface area contributed by atoms with Crippen molar-refractivity contribution >= 4 is 5.78 Å². The van der Waals surface area contributed by atoms with Gasteiger partial charge in [0.25, 0.3) is 0 Å². The first kappa shape index (κ1) is 20.4. The number of pyridine rings is 3. The zero-order chi connectivity index (χ0) is 21.0. The summed E-state index contributed by atoms with van der Waals surface area (Å²) in [6.45, 7) is 1.83. The average molecular weight is 405 g/mol. The molecule has 0 spiro atoms. The van der Waals surface area contributed by atoms with Crippen LogP contribution in [0, 0.1) is 5.82 Å². The number of carbonyl (C=O) groups excluding carboxylic acids is 1. The highest BCUT2D eigenvalue weighted by atomic mass is 19.4. The number of aryl methyl sites for hydroxylation is 1. The normalized spacial score (nSPS) is 11.3. The van der Waals surface area contributed by atoms with Crippen LogP contribution < -0.4 is 4.74 Å². The van der Waals surface area contributed by atoms with Crippen molar-refractivity contribution in [2.45, 2.75) is 25.9 Å². The molecule has 0 N–H and O–H groups in total. The van der Waals surface area contributed by atoms with Crippen molar-refractivity contribution in [1.29, 1.82) is 0 Å². The minimum absolute atomic E-state index is 0.0745. The lowest BCUT2D eigenvalue weighted by Gasteiger charge is -2.10. The van der Waals surface area contributed by atoms with E-state index in [0.29, 0.717) is 18.3 Å². The molecule has 0 aliphatic rings. The summed E-state index contributed by atoms with van der Waals surface area (Å²) >= 11 is 0. The highest BCUT2D eigenvalue weighted by molar-refractivity contribution is 5.95. The number of nitrogens with zero attached hydrogens (tertiary/aromatic N) is 3. The number of Topliss-reactive ketones (excluding diaryl/α,β-unsaturated/α-hetero) is 1. The van der Waals surface area contributed by atoms with Crippen LogP contribution in [0.25, 0.3) is 0 Å². The van der Waals surface area contributed by atoms with Gasteiger partial charge in [-0.1, -0.05) is 6.92 Å². The summed E-state index contributed by atoms with van der Waals surface area (Å²) in [5.41, 5.74) is -0.0660. The predicted octanol–water partition coefficient (Wildman–Crippen LogP) is 4.81. The van der Waals surface area contributed by atoms with Gasteiger partial charge in [0.05, 0.1) is 24.4 Å². The van der Waals surface area contributed by atoms with E-state index < -0.39 is 23.3 Å². The van der Waals surface area contributed by atoms with Crippen LogP contribution in [-0.4, -0.2) is 20.7 Å². The Balaban J connectivity index is 1.81. The van der Waals surface area contributed by atoms with Crippen molar-refractivity contribution in [1.82, 2.24) is 15.0 Å². The molecule has 0 aromatic carbocycles. The van der Waals surface area contributed by atoms with Crippen LogP contribution in [0.1, 0.15) is 34.4 Å². The minimum Gasteiger partial charge on any atom is -0.455 e. The van der Waals surface area contributed by atoms with Crippen molar-refractivity contribution in [3.8, 4) is 11.5 Å². The van der Waals surface area contributed by atoms with Gasteiger partial charge in [0, 0.05) is 35.8 Å². The third-order valence-corrected chi connectivity index (χ3v) is 3.91. The molecule has 3 rings (SSSR count). The van der Waals surface area contributed by atoms with E-state index in [0.717, 1.165) is 24.4 Å². The average Bonchev–Trinajstić information content (AvgIpc) is 2.67. The molecule has 0 aliphatic heterocycles. The number of ketones is 1. The van der Waals surface area contributed by atoms with Crippen molar-refractivity contribution in [2.24, 2.45) is 0 Å². The molecule has 3 aromatic rings. The molecule has 0 unspecified atom stereocenters. The second kappa shape index (κ2) is 8.34. The van der Waals surface area contributed by atoms with Crippen LogP contribution in [0.2, 0.25) is 0 Å². The van der Waals surface area contributed by atoms with E-state index in [9.17, 15) is 22.4 Å². The van der Waals surface area contributed by atoms with E-state index in [1.807, 2.05) is 6.92 Å². The van der Waals surface area contributed by atoms with Gasteiger partial charge in [0.15, 0.2) is 5.78 Å². The van der Waals surface area contributed by atoms with E-state index in [-0.39, 0.29) is 29.3 Å². The Morgan fingerprint density at radius 3 is 2.45 bits per heavy atom. The van der Waals surface area contributed by atoms with Crippen LogP contribution in [0.5, 0.6) is 11.5 Å². The van der Waals surface area contributed by atoms with Crippen molar-refractivity contribution in [3.05, 3.63) is 77.4 Å². The van der Waals surface area contributed by atoms with E-state index >= 15 is 0 Å². The minimum atomic E-state index is -4.50. The fourth-order valence-corrected chi connectivity index (χ4v) is 2.48. The van der Waals surface area contributed by atoms with Crippen molar-refractivity contribution < 1.29 is 27.1 Å². The number of alkyl halides is 3. The van der Waals surface area contributed by atoms with E-state index in [1.54, 1.807) is 6.07 Å². The summed E-state index contributed by atoms with van der Waals surface area (Å²) in [7, 11) is 0. The van der Waals surface area contributed by atoms with Crippen LogP contribution in [0.3, 0.4) is 0 Å². The zero-order valence-corrected chi connectivity index (χ0v) is 15.2. The molecule has 0 aliphatic carbocycles. The lowest BCUT2D eigenvalue weighted by atomic mass is 10.1. The van der Waals surface area contributed by atoms with Gasteiger partial charge in [-0.3, -0.25) is 14.8 Å². The van der Waals surface area contributed by atoms with Crippen molar-refractivity contribution in [3.63, 3.8) is 0 Å². The quantitative estimate of drug-likeness (QED) is 0.435. The Labute approximate surface area is 163 Å². The maximum absolute atomic E-state index is 13.3. The molecule has 29 heavy (non-hydrogen) atoms. The second-order valence-corrected chi connectivity index (χ2v) is 6.11. The molecule has 0 atom stereocenters. The molecule has 0 bridgehead atoms. The molecule has 0 amide bonds. The third-order valence-electron chi connectivity index (χ3n) is 3.91. The molecule has 3 heterocycles. The number of halogens is 4. The SMILES string of the molecule is CCc1cc(Oc2cncc(F)c2)cc(C(=O)Cc2ccc(C(F)(F)F)cn2)n1. The van der Waals surface area contributed by atoms with Gasteiger partial charge in [-0.2, -0.15) is 13.2 Å². The van der Waals surface area contributed by atoms with Crippen LogP contribution >= 0.6 is 0 Å². The largest absolute Gasteiger partial charge is 0.455 e. The maximum Gasteiger partial charge on any atom is 0.417 e. The summed E-state index contributed by atoms with van der Waals surface area (Å²) in [4.78, 5) is 24.2. The number of hydrogen-bond acceptors (Lipinski definition) is 5. The van der Waals surface area contributed by atoms with Gasteiger partial charge in [-0.15, -0.1) is 0 Å². The monoisotopic (exact) mass is 405 g/mol. The predicted molar refractivity (Wildman–Crippen MR) is 95.2 cm³/mol. The highest BCUT2D eigenvalue weighted by Crippen LogP contribution is 2.28. The number of ether oxygens (including phenoxy) is 1. The van der Waals surface area contributed by atoms with Crippen LogP contribution in [0.15, 0.2) is 48.9 Å². The topological polar surface area (TPSA) is 65.0 Å². The fraction of sp³-hybridized carbons (Fsp3) is 0.200. The summed E-state index contributed by atoms with van der Waals surface area (Å²) in [5, 5.41) is 0. The zero-order valence-electron chi connectivity index (χ0n) is 15.2. The smallest absolute Gasteiger partial charge is 0.417 e. The van der Waals surface area contributed by atoms with Crippen molar-refractivity contribution in [2.75, 3.05) is 0 Å². The van der Waals surface area contributed by atoms with Gasteiger partial charge < -0.3 is 4.74 Å². The van der Waals surface area contributed by atoms with Gasteiger partial charge in [0.1, 0.15) is 23.0 Å². The Kier molecular flexibility index (Phi) is 5.86. The molecule has 0 saturated heterocycles. The number of hydrogen-bond donors (Lipinski definition) is 0. The molecular formula is C20H15F4N3O2. The first-order valence-corrected chi connectivity index (χ1v) is 8.59. The molecule has 0 saturated carbocycles. The molecule has 0 radical (unpaired) electrons. The molecular weight excluding hydrogens is 390 g/mol. The van der Waals surface area contributed by atoms with Gasteiger partial charge in [-0.05, 0) is 18.6 Å². The first-order chi connectivity index (χ1) is 13.7. The standard InChI is InChI=1S/C20H15F4N3O2/c1-2-14-6-16(29-17-5-13(21)10-25-11-17)8-18(27-14)19(28)7-15-4-3-12(9-26-15)20(22,23)24/h3-6,8-11H,2,7H2,1H3. The Bertz CT molecular complexity index is 1020. The Morgan fingerprint density at radius 1 is 1.03 bits per heavy atom. The van der Waals surface area contributed by atoms with Gasteiger partial charge >= 0.3 is 6.18 Å². The lowest BCUT2D eigenvalue weighted by molar-refractivity contribution is -0.137. The number of carbonyl (C=O) groups is 1. The van der Waals surface area contributed by atoms with E-state index in [2.05, 4.69) is 15.0 Å². The summed E-state index contributed by atoms with van der Waals surface area (Å²) < 4.78 is 56.7. The summed E-state index contributed by atoms with van der Waals surface area (Å²) in [6, 6.07) is 6.17. The highest BCUT2D eigenvalue weighted by Gasteiger charge is 2.30.